The average Bonchev–Trinajstić information content (AvgIpc) is 3.32. The minimum Gasteiger partial charge on any atom is -0.325 e. The number of para-hydroxylation sites is 1. The first-order chi connectivity index (χ1) is 12.3. The number of benzene rings is 1. The molecule has 1 fully saturated rings. The number of hydrogen-bond acceptors (Lipinski definition) is 2. The third-order valence-corrected chi connectivity index (χ3v) is 4.48. The van der Waals surface area contributed by atoms with Gasteiger partial charge < -0.3 is 14.8 Å². The molecule has 1 saturated heterocycles. The first kappa shape index (κ1) is 15.5. The second-order valence-electron chi connectivity index (χ2n) is 6.20. The molecule has 2 amide bonds. The van der Waals surface area contributed by atoms with Crippen molar-refractivity contribution >= 4 is 11.7 Å². The summed E-state index contributed by atoms with van der Waals surface area (Å²) in [6.45, 7) is 1.63. The molecule has 0 atom stereocenters. The van der Waals surface area contributed by atoms with Crippen LogP contribution in [-0.4, -0.2) is 38.4 Å². The fourth-order valence-corrected chi connectivity index (χ4v) is 3.20. The Balaban J connectivity index is 1.68. The molecular weight excluding hydrogens is 314 g/mol. The number of carbonyl (C=O) groups is 1. The minimum atomic E-state index is -0.0549. The highest BCUT2D eigenvalue weighted by Crippen LogP contribution is 2.24. The van der Waals surface area contributed by atoms with Crippen molar-refractivity contribution in [1.82, 2.24) is 19.2 Å². The van der Waals surface area contributed by atoms with Crippen molar-refractivity contribution in [1.29, 1.82) is 0 Å². The Bertz CT molecular complexity index is 832. The number of amides is 2. The van der Waals surface area contributed by atoms with Crippen LogP contribution in [0.4, 0.5) is 10.5 Å². The van der Waals surface area contributed by atoms with Crippen LogP contribution in [0.2, 0.25) is 0 Å². The van der Waals surface area contributed by atoms with E-state index < -0.39 is 0 Å². The number of nitrogens with zero attached hydrogens (tertiary/aromatic N) is 4. The van der Waals surface area contributed by atoms with Gasteiger partial charge in [0.15, 0.2) is 5.82 Å². The van der Waals surface area contributed by atoms with Crippen LogP contribution in [0.15, 0.2) is 61.1 Å². The van der Waals surface area contributed by atoms with E-state index in [1.165, 1.54) is 6.42 Å². The van der Waals surface area contributed by atoms with Crippen molar-refractivity contribution in [2.24, 2.45) is 0 Å². The van der Waals surface area contributed by atoms with E-state index >= 15 is 0 Å². The van der Waals surface area contributed by atoms with Gasteiger partial charge in [0.2, 0.25) is 0 Å². The molecule has 0 spiro atoms. The quantitative estimate of drug-likeness (QED) is 0.794. The van der Waals surface area contributed by atoms with Crippen molar-refractivity contribution in [3.63, 3.8) is 0 Å². The van der Waals surface area contributed by atoms with E-state index in [1.54, 1.807) is 6.20 Å². The third kappa shape index (κ3) is 3.15. The van der Waals surface area contributed by atoms with E-state index in [0.29, 0.717) is 5.69 Å². The first-order valence-corrected chi connectivity index (χ1v) is 8.65. The Labute approximate surface area is 146 Å². The van der Waals surface area contributed by atoms with Gasteiger partial charge in [-0.05, 0) is 43.5 Å². The van der Waals surface area contributed by atoms with E-state index in [-0.39, 0.29) is 6.03 Å². The maximum Gasteiger partial charge on any atom is 0.321 e. The van der Waals surface area contributed by atoms with E-state index in [2.05, 4.69) is 10.4 Å². The molecule has 0 saturated carbocycles. The molecule has 1 N–H and O–H groups in total. The highest BCUT2D eigenvalue weighted by molar-refractivity contribution is 5.91. The van der Waals surface area contributed by atoms with E-state index in [0.717, 1.165) is 37.4 Å². The number of hydrogen-bond donors (Lipinski definition) is 1. The first-order valence-electron chi connectivity index (χ1n) is 8.65. The van der Waals surface area contributed by atoms with Gasteiger partial charge in [0.05, 0.1) is 11.9 Å². The summed E-state index contributed by atoms with van der Waals surface area (Å²) in [6, 6.07) is 13.8. The lowest BCUT2D eigenvalue weighted by Gasteiger charge is -2.26. The van der Waals surface area contributed by atoms with Crippen molar-refractivity contribution in [2.45, 2.75) is 19.3 Å². The molecule has 0 aliphatic carbocycles. The van der Waals surface area contributed by atoms with E-state index in [9.17, 15) is 4.79 Å². The normalized spacial score (nSPS) is 14.5. The number of rotatable bonds is 3. The fraction of sp³-hybridized carbons (Fsp3) is 0.263. The molecule has 0 radical (unpaired) electrons. The predicted octanol–water partition coefficient (Wildman–Crippen LogP) is 3.68. The minimum absolute atomic E-state index is 0.0549. The van der Waals surface area contributed by atoms with Gasteiger partial charge in [0.1, 0.15) is 5.69 Å². The van der Waals surface area contributed by atoms with Crippen molar-refractivity contribution < 1.29 is 4.79 Å². The molecular formula is C19H21N5O. The van der Waals surface area contributed by atoms with Gasteiger partial charge >= 0.3 is 6.03 Å². The van der Waals surface area contributed by atoms with Gasteiger partial charge in [-0.2, -0.15) is 5.10 Å². The molecule has 0 unspecified atom stereocenters. The van der Waals surface area contributed by atoms with Crippen LogP contribution in [0.5, 0.6) is 0 Å². The summed E-state index contributed by atoms with van der Waals surface area (Å²) >= 11 is 0. The number of aromatic nitrogens is 3. The Kier molecular flexibility index (Phi) is 4.24. The predicted molar refractivity (Wildman–Crippen MR) is 97.3 cm³/mol. The van der Waals surface area contributed by atoms with Crippen LogP contribution in [-0.2, 0) is 0 Å². The summed E-state index contributed by atoms with van der Waals surface area (Å²) in [4.78, 5) is 14.5. The Morgan fingerprint density at radius 2 is 1.68 bits per heavy atom. The lowest BCUT2D eigenvalue weighted by molar-refractivity contribution is 0.200. The standard InChI is InChI=1S/C19H21N5O/c25-19(23-13-5-2-6-14-23)21-17-15-20-24(16-9-3-1-4-10-16)18(17)22-11-7-8-12-22/h1,3-4,7-12,15H,2,5-6,13-14H2,(H,21,25). The second kappa shape index (κ2) is 6.84. The van der Waals surface area contributed by atoms with Crippen molar-refractivity contribution in [3.05, 3.63) is 61.1 Å². The van der Waals surface area contributed by atoms with Crippen LogP contribution in [0, 0.1) is 0 Å². The van der Waals surface area contributed by atoms with Gasteiger partial charge in [0.25, 0.3) is 0 Å². The molecule has 6 nitrogen and oxygen atoms in total. The van der Waals surface area contributed by atoms with Gasteiger partial charge in [-0.15, -0.1) is 0 Å². The Morgan fingerprint density at radius 3 is 2.40 bits per heavy atom. The molecule has 0 bridgehead atoms. The summed E-state index contributed by atoms with van der Waals surface area (Å²) in [6.07, 6.45) is 8.96. The smallest absolute Gasteiger partial charge is 0.321 e. The molecule has 3 heterocycles. The molecule has 2 aromatic heterocycles. The fourth-order valence-electron chi connectivity index (χ4n) is 3.20. The number of likely N-dealkylation sites (tertiary alicyclic amines) is 1. The van der Waals surface area contributed by atoms with Crippen molar-refractivity contribution in [3.8, 4) is 11.5 Å². The zero-order chi connectivity index (χ0) is 17.1. The van der Waals surface area contributed by atoms with Crippen molar-refractivity contribution in [2.75, 3.05) is 18.4 Å². The third-order valence-electron chi connectivity index (χ3n) is 4.48. The summed E-state index contributed by atoms with van der Waals surface area (Å²) < 4.78 is 3.80. The summed E-state index contributed by atoms with van der Waals surface area (Å²) in [5, 5.41) is 7.54. The Morgan fingerprint density at radius 1 is 0.960 bits per heavy atom. The van der Waals surface area contributed by atoms with E-state index in [4.69, 9.17) is 0 Å². The van der Waals surface area contributed by atoms with Crippen LogP contribution in [0.25, 0.3) is 11.5 Å². The van der Waals surface area contributed by atoms with Gasteiger partial charge in [0, 0.05) is 25.5 Å². The number of urea groups is 1. The highest BCUT2D eigenvalue weighted by atomic mass is 16.2. The molecule has 3 aromatic rings. The molecule has 6 heteroatoms. The van der Waals surface area contributed by atoms with E-state index in [1.807, 2.05) is 69.0 Å². The Hall–Kier alpha value is -3.02. The number of anilines is 1. The molecule has 25 heavy (non-hydrogen) atoms. The van der Waals surface area contributed by atoms with Gasteiger partial charge in [-0.3, -0.25) is 0 Å². The topological polar surface area (TPSA) is 55.1 Å². The summed E-state index contributed by atoms with van der Waals surface area (Å²) in [5.41, 5.74) is 1.65. The van der Waals surface area contributed by atoms with Crippen LogP contribution in [0.3, 0.4) is 0 Å². The molecule has 4 rings (SSSR count). The maximum absolute atomic E-state index is 12.6. The summed E-state index contributed by atoms with van der Waals surface area (Å²) in [7, 11) is 0. The zero-order valence-corrected chi connectivity index (χ0v) is 14.0. The second-order valence-corrected chi connectivity index (χ2v) is 6.20. The van der Waals surface area contributed by atoms with Crippen LogP contribution in [0.1, 0.15) is 19.3 Å². The number of piperidine rings is 1. The maximum atomic E-state index is 12.6. The van der Waals surface area contributed by atoms with Gasteiger partial charge in [-0.25, -0.2) is 9.48 Å². The zero-order valence-electron chi connectivity index (χ0n) is 14.0. The molecule has 1 aliphatic heterocycles. The van der Waals surface area contributed by atoms with Crippen LogP contribution >= 0.6 is 0 Å². The highest BCUT2D eigenvalue weighted by Gasteiger charge is 2.20. The summed E-state index contributed by atoms with van der Waals surface area (Å²) in [5.74, 6) is 0.821. The molecule has 128 valence electrons. The monoisotopic (exact) mass is 335 g/mol. The number of nitrogens with one attached hydrogen (secondary N) is 1. The average molecular weight is 335 g/mol. The van der Waals surface area contributed by atoms with Crippen LogP contribution < -0.4 is 5.32 Å². The number of carbonyl (C=O) groups excluding carboxylic acids is 1. The van der Waals surface area contributed by atoms with Gasteiger partial charge in [-0.1, -0.05) is 18.2 Å². The molecule has 1 aromatic carbocycles. The largest absolute Gasteiger partial charge is 0.325 e. The SMILES string of the molecule is O=C(Nc1cnn(-c2ccccc2)c1-n1cccc1)N1CCCCC1. The lowest BCUT2D eigenvalue weighted by Crippen LogP contribution is -2.38. The molecule has 1 aliphatic rings. The lowest BCUT2D eigenvalue weighted by atomic mass is 10.1.